The summed E-state index contributed by atoms with van der Waals surface area (Å²) in [5.41, 5.74) is 6.94. The summed E-state index contributed by atoms with van der Waals surface area (Å²) in [6, 6.07) is 3.56. The van der Waals surface area contributed by atoms with Gasteiger partial charge in [0.2, 0.25) is 0 Å². The molecular formula is C12H16N4O2. The van der Waals surface area contributed by atoms with Crippen LogP contribution in [0.2, 0.25) is 0 Å². The number of carbonyl (C=O) groups is 1. The van der Waals surface area contributed by atoms with Crippen molar-refractivity contribution in [2.24, 2.45) is 0 Å². The molecule has 6 nitrogen and oxygen atoms in total. The zero-order chi connectivity index (χ0) is 13.3. The van der Waals surface area contributed by atoms with Crippen LogP contribution in [0, 0.1) is 0 Å². The van der Waals surface area contributed by atoms with E-state index in [1.165, 1.54) is 0 Å². The number of likely N-dealkylation sites (N-methyl/N-ethyl adjacent to an activating group) is 1. The molecule has 0 bridgehead atoms. The number of aromatic carboxylic acids is 1. The molecule has 18 heavy (non-hydrogen) atoms. The number of carboxylic acid groups (broad SMARTS) is 1. The van der Waals surface area contributed by atoms with Gasteiger partial charge in [-0.15, -0.1) is 0 Å². The molecule has 0 amide bonds. The van der Waals surface area contributed by atoms with Crippen LogP contribution in [0.3, 0.4) is 0 Å². The zero-order valence-electron chi connectivity index (χ0n) is 10.3. The number of anilines is 1. The van der Waals surface area contributed by atoms with Crippen molar-refractivity contribution in [3.8, 4) is 0 Å². The lowest BCUT2D eigenvalue weighted by atomic mass is 10.2. The Labute approximate surface area is 104 Å². The SMILES string of the molecule is CNC(C)Cc1nc(C(=O)O)c2ccc(N)cn12. The number of nitrogens with one attached hydrogen (secondary N) is 1. The van der Waals surface area contributed by atoms with E-state index in [1.54, 1.807) is 22.7 Å². The third-order valence-electron chi connectivity index (χ3n) is 2.92. The van der Waals surface area contributed by atoms with E-state index in [-0.39, 0.29) is 11.7 Å². The monoisotopic (exact) mass is 248 g/mol. The summed E-state index contributed by atoms with van der Waals surface area (Å²) in [5, 5.41) is 12.2. The second-order valence-electron chi connectivity index (χ2n) is 4.29. The van der Waals surface area contributed by atoms with Gasteiger partial charge < -0.3 is 20.6 Å². The van der Waals surface area contributed by atoms with Gasteiger partial charge in [0.05, 0.1) is 5.52 Å². The number of aromatic nitrogens is 2. The lowest BCUT2D eigenvalue weighted by Gasteiger charge is -2.08. The van der Waals surface area contributed by atoms with Crippen molar-refractivity contribution in [3.05, 3.63) is 29.8 Å². The highest BCUT2D eigenvalue weighted by Crippen LogP contribution is 2.17. The molecule has 96 valence electrons. The first-order chi connectivity index (χ1) is 8.52. The molecule has 6 heteroatoms. The van der Waals surface area contributed by atoms with Gasteiger partial charge in [-0.2, -0.15) is 0 Å². The van der Waals surface area contributed by atoms with Gasteiger partial charge in [0, 0.05) is 24.3 Å². The van der Waals surface area contributed by atoms with Crippen LogP contribution in [0.1, 0.15) is 23.2 Å². The van der Waals surface area contributed by atoms with Gasteiger partial charge in [0.15, 0.2) is 5.69 Å². The summed E-state index contributed by atoms with van der Waals surface area (Å²) >= 11 is 0. The van der Waals surface area contributed by atoms with Gasteiger partial charge in [-0.25, -0.2) is 9.78 Å². The van der Waals surface area contributed by atoms with E-state index in [4.69, 9.17) is 10.8 Å². The number of carboxylic acids is 1. The maximum absolute atomic E-state index is 11.1. The molecule has 0 aromatic carbocycles. The molecule has 2 aromatic rings. The van der Waals surface area contributed by atoms with Gasteiger partial charge in [-0.1, -0.05) is 0 Å². The highest BCUT2D eigenvalue weighted by Gasteiger charge is 2.17. The number of fused-ring (bicyclic) bond motifs is 1. The van der Waals surface area contributed by atoms with Crippen LogP contribution in [0.5, 0.6) is 0 Å². The van der Waals surface area contributed by atoms with Crippen LogP contribution in [0.15, 0.2) is 18.3 Å². The molecule has 2 rings (SSSR count). The maximum Gasteiger partial charge on any atom is 0.356 e. The van der Waals surface area contributed by atoms with E-state index in [2.05, 4.69) is 10.3 Å². The average Bonchev–Trinajstić information content (AvgIpc) is 2.67. The topological polar surface area (TPSA) is 92.6 Å². The molecule has 0 saturated carbocycles. The van der Waals surface area contributed by atoms with Crippen molar-refractivity contribution in [3.63, 3.8) is 0 Å². The second kappa shape index (κ2) is 4.66. The number of rotatable bonds is 4. The number of hydrogen-bond acceptors (Lipinski definition) is 4. The number of pyridine rings is 1. The van der Waals surface area contributed by atoms with Gasteiger partial charge in [-0.3, -0.25) is 0 Å². The number of nitrogens with zero attached hydrogens (tertiary/aromatic N) is 2. The van der Waals surface area contributed by atoms with Gasteiger partial charge >= 0.3 is 5.97 Å². The Kier molecular flexibility index (Phi) is 3.20. The summed E-state index contributed by atoms with van der Waals surface area (Å²) in [6.45, 7) is 2.01. The lowest BCUT2D eigenvalue weighted by molar-refractivity contribution is 0.0693. The van der Waals surface area contributed by atoms with Crippen LogP contribution in [0.25, 0.3) is 5.52 Å². The maximum atomic E-state index is 11.1. The van der Waals surface area contributed by atoms with Crippen molar-refractivity contribution >= 4 is 17.2 Å². The summed E-state index contributed by atoms with van der Waals surface area (Å²) in [4.78, 5) is 15.3. The molecule has 4 N–H and O–H groups in total. The molecule has 0 aliphatic carbocycles. The standard InChI is InChI=1S/C12H16N4O2/c1-7(14-2)5-10-15-11(12(17)18)9-4-3-8(13)6-16(9)10/h3-4,6-7,14H,5,13H2,1-2H3,(H,17,18). The van der Waals surface area contributed by atoms with Crippen molar-refractivity contribution < 1.29 is 9.90 Å². The van der Waals surface area contributed by atoms with Crippen molar-refractivity contribution in [1.82, 2.24) is 14.7 Å². The first kappa shape index (κ1) is 12.4. The number of nitrogens with two attached hydrogens (primary N) is 1. The Hall–Kier alpha value is -2.08. The molecule has 2 aromatic heterocycles. The van der Waals surface area contributed by atoms with Crippen molar-refractivity contribution in [1.29, 1.82) is 0 Å². The number of hydrogen-bond donors (Lipinski definition) is 3. The third kappa shape index (κ3) is 2.14. The molecule has 2 heterocycles. The molecule has 0 saturated heterocycles. The fourth-order valence-electron chi connectivity index (χ4n) is 1.84. The van der Waals surface area contributed by atoms with E-state index in [0.717, 1.165) is 0 Å². The molecular weight excluding hydrogens is 232 g/mol. The summed E-state index contributed by atoms with van der Waals surface area (Å²) in [7, 11) is 1.85. The van der Waals surface area contributed by atoms with Crippen molar-refractivity contribution in [2.45, 2.75) is 19.4 Å². The van der Waals surface area contributed by atoms with Crippen LogP contribution in [0.4, 0.5) is 5.69 Å². The normalized spacial score (nSPS) is 12.8. The first-order valence-electron chi connectivity index (χ1n) is 5.70. The van der Waals surface area contributed by atoms with Crippen LogP contribution < -0.4 is 11.1 Å². The van der Waals surface area contributed by atoms with Gasteiger partial charge in [0.1, 0.15) is 5.82 Å². The fraction of sp³-hybridized carbons (Fsp3) is 0.333. The predicted molar refractivity (Wildman–Crippen MR) is 68.8 cm³/mol. The molecule has 0 spiro atoms. The molecule has 1 atom stereocenters. The Morgan fingerprint density at radius 1 is 1.61 bits per heavy atom. The fourth-order valence-corrected chi connectivity index (χ4v) is 1.84. The quantitative estimate of drug-likeness (QED) is 0.743. The van der Waals surface area contributed by atoms with Gasteiger partial charge in [0.25, 0.3) is 0 Å². The van der Waals surface area contributed by atoms with Gasteiger partial charge in [-0.05, 0) is 26.1 Å². The smallest absolute Gasteiger partial charge is 0.356 e. The van der Waals surface area contributed by atoms with E-state index in [9.17, 15) is 4.79 Å². The first-order valence-corrected chi connectivity index (χ1v) is 5.70. The second-order valence-corrected chi connectivity index (χ2v) is 4.29. The minimum absolute atomic E-state index is 0.0632. The minimum Gasteiger partial charge on any atom is -0.476 e. The van der Waals surface area contributed by atoms with E-state index in [0.29, 0.717) is 23.4 Å². The van der Waals surface area contributed by atoms with E-state index in [1.807, 2.05) is 14.0 Å². The lowest BCUT2D eigenvalue weighted by Crippen LogP contribution is -2.24. The Bertz CT molecular complexity index is 591. The van der Waals surface area contributed by atoms with Crippen molar-refractivity contribution in [2.75, 3.05) is 12.8 Å². The number of nitrogen functional groups attached to an aromatic ring is 1. The molecule has 0 aliphatic rings. The summed E-state index contributed by atoms with van der Waals surface area (Å²) in [5.74, 6) is -0.336. The molecule has 1 unspecified atom stereocenters. The Balaban J connectivity index is 2.58. The highest BCUT2D eigenvalue weighted by molar-refractivity contribution is 5.93. The Morgan fingerprint density at radius 2 is 2.33 bits per heavy atom. The highest BCUT2D eigenvalue weighted by atomic mass is 16.4. The van der Waals surface area contributed by atoms with Crippen LogP contribution >= 0.6 is 0 Å². The molecule has 0 aliphatic heterocycles. The minimum atomic E-state index is -1.03. The van der Waals surface area contributed by atoms with E-state index >= 15 is 0 Å². The van der Waals surface area contributed by atoms with Crippen LogP contribution in [-0.2, 0) is 6.42 Å². The Morgan fingerprint density at radius 3 is 2.94 bits per heavy atom. The van der Waals surface area contributed by atoms with Crippen LogP contribution in [-0.4, -0.2) is 33.6 Å². The largest absolute Gasteiger partial charge is 0.476 e. The zero-order valence-corrected chi connectivity index (χ0v) is 10.3. The summed E-state index contributed by atoms with van der Waals surface area (Å²) < 4.78 is 1.74. The molecule has 0 radical (unpaired) electrons. The number of imidazole rings is 1. The van der Waals surface area contributed by atoms with E-state index < -0.39 is 5.97 Å². The summed E-state index contributed by atoms with van der Waals surface area (Å²) in [6.07, 6.45) is 2.33. The third-order valence-corrected chi connectivity index (χ3v) is 2.92. The average molecular weight is 248 g/mol. The predicted octanol–water partition coefficient (Wildman–Crippen LogP) is 0.765. The molecule has 0 fully saturated rings.